The van der Waals surface area contributed by atoms with Crippen LogP contribution in [0.4, 0.5) is 4.39 Å². The SMILES string of the molecule is CC(O)(CC(=O)CCCCc1nc2c(F)cc(C#N)cc2n1C1CCC1)c1ccccc1. The summed E-state index contributed by atoms with van der Waals surface area (Å²) >= 11 is 0. The van der Waals surface area contributed by atoms with Crippen LogP contribution in [0.2, 0.25) is 0 Å². The first-order valence-corrected chi connectivity index (χ1v) is 11.3. The molecule has 4 rings (SSSR count). The number of carbonyl (C=O) groups is 1. The van der Waals surface area contributed by atoms with Crippen molar-refractivity contribution in [3.05, 3.63) is 65.2 Å². The molecule has 0 radical (unpaired) electrons. The number of halogens is 1. The number of benzene rings is 2. The van der Waals surface area contributed by atoms with E-state index in [1.54, 1.807) is 13.0 Å². The lowest BCUT2D eigenvalue weighted by Gasteiger charge is -2.29. The number of carbonyl (C=O) groups excluding carboxylic acids is 1. The molecule has 0 spiro atoms. The molecule has 32 heavy (non-hydrogen) atoms. The zero-order valence-corrected chi connectivity index (χ0v) is 18.4. The largest absolute Gasteiger partial charge is 0.385 e. The Balaban J connectivity index is 1.40. The van der Waals surface area contributed by atoms with Gasteiger partial charge in [0.2, 0.25) is 0 Å². The molecule has 1 aliphatic carbocycles. The third-order valence-electron chi connectivity index (χ3n) is 6.43. The molecule has 0 aliphatic heterocycles. The molecule has 1 atom stereocenters. The lowest BCUT2D eigenvalue weighted by Crippen LogP contribution is -2.25. The number of hydrogen-bond donors (Lipinski definition) is 1. The van der Waals surface area contributed by atoms with Crippen molar-refractivity contribution < 1.29 is 14.3 Å². The lowest BCUT2D eigenvalue weighted by atomic mass is 9.89. The van der Waals surface area contributed by atoms with Crippen molar-refractivity contribution in [2.45, 2.75) is 69.9 Å². The minimum atomic E-state index is -1.17. The van der Waals surface area contributed by atoms with Crippen molar-refractivity contribution in [3.63, 3.8) is 0 Å². The molecule has 2 aromatic carbocycles. The quantitative estimate of drug-likeness (QED) is 0.461. The Kier molecular flexibility index (Phi) is 6.38. The van der Waals surface area contributed by atoms with E-state index in [9.17, 15) is 19.6 Å². The zero-order valence-electron chi connectivity index (χ0n) is 18.4. The van der Waals surface area contributed by atoms with Gasteiger partial charge in [0.05, 0.1) is 22.8 Å². The molecule has 1 heterocycles. The smallest absolute Gasteiger partial charge is 0.152 e. The summed E-state index contributed by atoms with van der Waals surface area (Å²) in [5, 5.41) is 19.9. The predicted octanol–water partition coefficient (Wildman–Crippen LogP) is 5.35. The summed E-state index contributed by atoms with van der Waals surface area (Å²) in [4.78, 5) is 17.0. The first-order chi connectivity index (χ1) is 15.4. The van der Waals surface area contributed by atoms with Gasteiger partial charge in [0.15, 0.2) is 5.82 Å². The van der Waals surface area contributed by atoms with E-state index >= 15 is 0 Å². The number of rotatable bonds is 9. The Bertz CT molecular complexity index is 1160. The predicted molar refractivity (Wildman–Crippen MR) is 120 cm³/mol. The molecule has 1 N–H and O–H groups in total. The number of unbranched alkanes of at least 4 members (excludes halogenated alkanes) is 1. The second-order valence-corrected chi connectivity index (χ2v) is 8.98. The van der Waals surface area contributed by atoms with Gasteiger partial charge in [-0.2, -0.15) is 5.26 Å². The number of nitrogens with zero attached hydrogens (tertiary/aromatic N) is 3. The molecule has 1 aromatic heterocycles. The molecular formula is C26H28FN3O2. The third-order valence-corrected chi connectivity index (χ3v) is 6.43. The normalized spacial score (nSPS) is 15.8. The van der Waals surface area contributed by atoms with Gasteiger partial charge in [0.25, 0.3) is 0 Å². The van der Waals surface area contributed by atoms with E-state index < -0.39 is 11.4 Å². The average Bonchev–Trinajstić information content (AvgIpc) is 3.09. The Morgan fingerprint density at radius 3 is 2.69 bits per heavy atom. The highest BCUT2D eigenvalue weighted by Gasteiger charge is 2.27. The number of aryl methyl sites for hydroxylation is 1. The Labute approximate surface area is 187 Å². The van der Waals surface area contributed by atoms with Crippen LogP contribution >= 0.6 is 0 Å². The lowest BCUT2D eigenvalue weighted by molar-refractivity contribution is -0.123. The number of ketones is 1. The van der Waals surface area contributed by atoms with Gasteiger partial charge >= 0.3 is 0 Å². The molecule has 1 saturated carbocycles. The molecule has 6 heteroatoms. The molecule has 166 valence electrons. The van der Waals surface area contributed by atoms with Crippen LogP contribution in [-0.4, -0.2) is 20.4 Å². The number of nitriles is 1. The summed E-state index contributed by atoms with van der Waals surface area (Å²) in [5.41, 5.74) is 0.878. The van der Waals surface area contributed by atoms with Crippen molar-refractivity contribution in [1.82, 2.24) is 9.55 Å². The van der Waals surface area contributed by atoms with Crippen molar-refractivity contribution in [2.24, 2.45) is 0 Å². The summed E-state index contributed by atoms with van der Waals surface area (Å²) in [6.07, 6.45) is 5.76. The summed E-state index contributed by atoms with van der Waals surface area (Å²) in [7, 11) is 0. The average molecular weight is 434 g/mol. The van der Waals surface area contributed by atoms with Crippen LogP contribution in [0.15, 0.2) is 42.5 Å². The summed E-state index contributed by atoms with van der Waals surface area (Å²) in [6, 6.07) is 14.5. The molecule has 3 aromatic rings. The topological polar surface area (TPSA) is 78.9 Å². The van der Waals surface area contributed by atoms with Crippen LogP contribution in [0.25, 0.3) is 11.0 Å². The first kappa shape index (κ1) is 22.2. The number of aromatic nitrogens is 2. The zero-order chi connectivity index (χ0) is 22.7. The number of hydrogen-bond acceptors (Lipinski definition) is 4. The van der Waals surface area contributed by atoms with Crippen LogP contribution in [-0.2, 0) is 16.8 Å². The van der Waals surface area contributed by atoms with E-state index in [1.165, 1.54) is 6.07 Å². The van der Waals surface area contributed by atoms with Gasteiger partial charge in [-0.15, -0.1) is 0 Å². The fraction of sp³-hybridized carbons (Fsp3) is 0.423. The molecule has 0 amide bonds. The fourth-order valence-electron chi connectivity index (χ4n) is 4.47. The van der Waals surface area contributed by atoms with Crippen molar-refractivity contribution >= 4 is 16.8 Å². The van der Waals surface area contributed by atoms with Gasteiger partial charge in [-0.05, 0) is 56.7 Å². The minimum absolute atomic E-state index is 0.0241. The van der Waals surface area contributed by atoms with Gasteiger partial charge in [-0.25, -0.2) is 9.37 Å². The number of Topliss-reactive ketones (excluding diaryl/α,β-unsaturated/α-hetero) is 1. The summed E-state index contributed by atoms with van der Waals surface area (Å²) < 4.78 is 16.6. The maximum absolute atomic E-state index is 14.5. The van der Waals surface area contributed by atoms with E-state index in [2.05, 4.69) is 9.55 Å². The fourth-order valence-corrected chi connectivity index (χ4v) is 4.47. The van der Waals surface area contributed by atoms with Gasteiger partial charge in [-0.3, -0.25) is 4.79 Å². The van der Waals surface area contributed by atoms with Gasteiger partial charge in [0.1, 0.15) is 17.1 Å². The Morgan fingerprint density at radius 2 is 2.03 bits per heavy atom. The number of imidazole rings is 1. The van der Waals surface area contributed by atoms with Crippen LogP contribution in [0, 0.1) is 17.1 Å². The van der Waals surface area contributed by atoms with E-state index in [0.29, 0.717) is 41.9 Å². The van der Waals surface area contributed by atoms with Crippen molar-refractivity contribution in [2.75, 3.05) is 0 Å². The maximum Gasteiger partial charge on any atom is 0.152 e. The summed E-state index contributed by atoms with van der Waals surface area (Å²) in [5.74, 6) is 0.384. The maximum atomic E-state index is 14.5. The number of aliphatic hydroxyl groups is 1. The molecule has 1 unspecified atom stereocenters. The second kappa shape index (κ2) is 9.22. The minimum Gasteiger partial charge on any atom is -0.385 e. The standard InChI is InChI=1S/C26H28FN3O2/c1-26(32,19-8-3-2-4-9-19)16-21(31)12-5-6-13-24-29-25-22(27)14-18(17-28)15-23(25)30(24)20-10-7-11-20/h2-4,8-9,14-15,20,32H,5-7,10-13,16H2,1H3. The van der Waals surface area contributed by atoms with Gasteiger partial charge < -0.3 is 9.67 Å². The Morgan fingerprint density at radius 1 is 1.28 bits per heavy atom. The van der Waals surface area contributed by atoms with Crippen molar-refractivity contribution in [3.8, 4) is 6.07 Å². The van der Waals surface area contributed by atoms with Crippen molar-refractivity contribution in [1.29, 1.82) is 5.26 Å². The molecule has 1 fully saturated rings. The van der Waals surface area contributed by atoms with Crippen LogP contribution < -0.4 is 0 Å². The first-order valence-electron chi connectivity index (χ1n) is 11.3. The van der Waals surface area contributed by atoms with E-state index in [0.717, 1.165) is 37.1 Å². The summed E-state index contributed by atoms with van der Waals surface area (Å²) in [6.45, 7) is 1.67. The van der Waals surface area contributed by atoms with Gasteiger partial charge in [0, 0.05) is 25.3 Å². The van der Waals surface area contributed by atoms with Crippen LogP contribution in [0.3, 0.4) is 0 Å². The third kappa shape index (κ3) is 4.58. The highest BCUT2D eigenvalue weighted by molar-refractivity contribution is 5.80. The molecule has 0 saturated heterocycles. The highest BCUT2D eigenvalue weighted by atomic mass is 19.1. The monoisotopic (exact) mass is 433 g/mol. The van der Waals surface area contributed by atoms with Gasteiger partial charge in [-0.1, -0.05) is 30.3 Å². The van der Waals surface area contributed by atoms with E-state index in [-0.39, 0.29) is 12.2 Å². The van der Waals surface area contributed by atoms with E-state index in [4.69, 9.17) is 0 Å². The second-order valence-electron chi connectivity index (χ2n) is 8.98. The number of fused-ring (bicyclic) bond motifs is 1. The van der Waals surface area contributed by atoms with E-state index in [1.807, 2.05) is 36.4 Å². The Hall–Kier alpha value is -3.04. The molecule has 0 bridgehead atoms. The molecular weight excluding hydrogens is 405 g/mol. The van der Waals surface area contributed by atoms with Crippen LogP contribution in [0.5, 0.6) is 0 Å². The molecule has 5 nitrogen and oxygen atoms in total. The highest BCUT2D eigenvalue weighted by Crippen LogP contribution is 2.37. The molecule has 1 aliphatic rings. The van der Waals surface area contributed by atoms with Crippen LogP contribution in [0.1, 0.15) is 74.9 Å².